The van der Waals surface area contributed by atoms with E-state index in [-0.39, 0.29) is 10.8 Å². The van der Waals surface area contributed by atoms with Gasteiger partial charge >= 0.3 is 0 Å². The Hall–Kier alpha value is -0.500. The molecular weight excluding hydrogens is 236 g/mol. The topological polar surface area (TPSA) is 70.5 Å². The van der Waals surface area contributed by atoms with Crippen LogP contribution in [0.25, 0.3) is 0 Å². The fourth-order valence-electron chi connectivity index (χ4n) is 1.08. The van der Waals surface area contributed by atoms with Gasteiger partial charge in [-0.2, -0.15) is 4.31 Å². The number of aliphatic hydroxyl groups excluding tert-OH is 1. The van der Waals surface area contributed by atoms with Crippen LogP contribution < -0.4 is 0 Å². The summed E-state index contributed by atoms with van der Waals surface area (Å²) in [7, 11) is -2.04. The van der Waals surface area contributed by atoms with E-state index in [1.54, 1.807) is 13.8 Å². The summed E-state index contributed by atoms with van der Waals surface area (Å²) in [5.74, 6) is 0. The molecule has 0 radical (unpaired) electrons. The zero-order valence-electron chi connectivity index (χ0n) is 8.84. The predicted molar refractivity (Wildman–Crippen MR) is 58.3 cm³/mol. The Balaban J connectivity index is 2.93. The maximum atomic E-state index is 11.9. The number of aliphatic hydroxyl groups is 1. The minimum Gasteiger partial charge on any atom is -0.392 e. The molecular formula is C8H14N2O3S2. The van der Waals surface area contributed by atoms with Crippen molar-refractivity contribution in [2.24, 2.45) is 0 Å². The maximum Gasteiger partial charge on any atom is 0.254 e. The Morgan fingerprint density at radius 2 is 2.27 bits per heavy atom. The summed E-state index contributed by atoms with van der Waals surface area (Å²) < 4.78 is 25.1. The van der Waals surface area contributed by atoms with Crippen LogP contribution in [0, 0.1) is 6.92 Å². The highest BCUT2D eigenvalue weighted by atomic mass is 32.2. The number of hydrogen-bond acceptors (Lipinski definition) is 5. The average molecular weight is 250 g/mol. The number of rotatable bonds is 4. The summed E-state index contributed by atoms with van der Waals surface area (Å²) in [6.45, 7) is 3.38. The van der Waals surface area contributed by atoms with Crippen molar-refractivity contribution < 1.29 is 13.5 Å². The van der Waals surface area contributed by atoms with Crippen molar-refractivity contribution in [1.82, 2.24) is 9.29 Å². The normalized spacial score (nSPS) is 14.5. The SMILES string of the molecule is Cc1ncc(S(=O)(=O)N(C)CC(C)O)s1. The standard InChI is InChI=1S/C8H14N2O3S2/c1-6(11)5-10(3)15(12,13)8-4-9-7(2)14-8/h4,6,11H,5H2,1-3H3. The molecule has 1 aromatic heterocycles. The number of sulfonamides is 1. The number of thiazole rings is 1. The second kappa shape index (κ2) is 4.56. The van der Waals surface area contributed by atoms with E-state index in [0.29, 0.717) is 5.01 Å². The molecule has 0 fully saturated rings. The van der Waals surface area contributed by atoms with Gasteiger partial charge in [0.15, 0.2) is 4.21 Å². The fraction of sp³-hybridized carbons (Fsp3) is 0.625. The molecule has 0 bridgehead atoms. The lowest BCUT2D eigenvalue weighted by molar-refractivity contribution is 0.171. The summed E-state index contributed by atoms with van der Waals surface area (Å²) in [4.78, 5) is 3.89. The van der Waals surface area contributed by atoms with Crippen LogP contribution in [-0.2, 0) is 10.0 Å². The zero-order chi connectivity index (χ0) is 11.6. The molecule has 1 atom stereocenters. The van der Waals surface area contributed by atoms with E-state index in [2.05, 4.69) is 4.98 Å². The van der Waals surface area contributed by atoms with E-state index in [1.165, 1.54) is 13.2 Å². The number of nitrogens with zero attached hydrogens (tertiary/aromatic N) is 2. The van der Waals surface area contributed by atoms with Gasteiger partial charge in [0.2, 0.25) is 0 Å². The van der Waals surface area contributed by atoms with Crippen LogP contribution in [-0.4, -0.2) is 42.5 Å². The van der Waals surface area contributed by atoms with Crippen LogP contribution in [0.1, 0.15) is 11.9 Å². The molecule has 0 saturated carbocycles. The number of likely N-dealkylation sites (N-methyl/N-ethyl adjacent to an activating group) is 1. The Kier molecular flexibility index (Phi) is 3.82. The number of aromatic nitrogens is 1. The Bertz CT molecular complexity index is 425. The third kappa shape index (κ3) is 2.97. The van der Waals surface area contributed by atoms with Gasteiger partial charge in [0.25, 0.3) is 10.0 Å². The molecule has 1 aromatic rings. The molecule has 0 saturated heterocycles. The Morgan fingerprint density at radius 3 is 2.67 bits per heavy atom. The van der Waals surface area contributed by atoms with Crippen LogP contribution in [0.5, 0.6) is 0 Å². The first-order valence-corrected chi connectivity index (χ1v) is 6.66. The Morgan fingerprint density at radius 1 is 1.67 bits per heavy atom. The summed E-state index contributed by atoms with van der Waals surface area (Å²) in [5, 5.41) is 9.83. The van der Waals surface area contributed by atoms with Gasteiger partial charge in [-0.05, 0) is 13.8 Å². The first kappa shape index (κ1) is 12.6. The van der Waals surface area contributed by atoms with Gasteiger partial charge in [-0.25, -0.2) is 13.4 Å². The van der Waals surface area contributed by atoms with Crippen LogP contribution >= 0.6 is 11.3 Å². The van der Waals surface area contributed by atoms with Crippen molar-refractivity contribution in [2.45, 2.75) is 24.2 Å². The minimum absolute atomic E-state index is 0.0826. The molecule has 15 heavy (non-hydrogen) atoms. The van der Waals surface area contributed by atoms with Gasteiger partial charge in [-0.15, -0.1) is 11.3 Å². The van der Waals surface area contributed by atoms with Crippen molar-refractivity contribution >= 4 is 21.4 Å². The number of hydrogen-bond donors (Lipinski definition) is 1. The summed E-state index contributed by atoms with van der Waals surface area (Å²) in [6, 6.07) is 0. The van der Waals surface area contributed by atoms with Crippen LogP contribution in [0.15, 0.2) is 10.4 Å². The predicted octanol–water partition coefficient (Wildman–Crippen LogP) is 0.453. The zero-order valence-corrected chi connectivity index (χ0v) is 10.5. The summed E-state index contributed by atoms with van der Waals surface area (Å²) in [5.41, 5.74) is 0. The number of aryl methyl sites for hydroxylation is 1. The van der Waals surface area contributed by atoms with Gasteiger partial charge < -0.3 is 5.11 Å². The molecule has 86 valence electrons. The molecule has 0 aliphatic carbocycles. The van der Waals surface area contributed by atoms with E-state index >= 15 is 0 Å². The highest BCUT2D eigenvalue weighted by Gasteiger charge is 2.23. The second-order valence-corrected chi connectivity index (χ2v) is 6.84. The molecule has 0 aliphatic rings. The molecule has 7 heteroatoms. The average Bonchev–Trinajstić information content (AvgIpc) is 2.50. The molecule has 1 N–H and O–H groups in total. The highest BCUT2D eigenvalue weighted by molar-refractivity contribution is 7.91. The third-order valence-electron chi connectivity index (χ3n) is 1.79. The van der Waals surface area contributed by atoms with E-state index in [4.69, 9.17) is 5.11 Å². The maximum absolute atomic E-state index is 11.9. The van der Waals surface area contributed by atoms with Gasteiger partial charge in [0, 0.05) is 13.6 Å². The lowest BCUT2D eigenvalue weighted by atomic mass is 10.4. The van der Waals surface area contributed by atoms with Gasteiger partial charge in [0.05, 0.1) is 17.3 Å². The van der Waals surface area contributed by atoms with Crippen molar-refractivity contribution in [1.29, 1.82) is 0 Å². The van der Waals surface area contributed by atoms with Crippen LogP contribution in [0.2, 0.25) is 0 Å². The summed E-state index contributed by atoms with van der Waals surface area (Å²) in [6.07, 6.45) is 0.659. The molecule has 0 aromatic carbocycles. The molecule has 0 spiro atoms. The van der Waals surface area contributed by atoms with Crippen molar-refractivity contribution in [3.63, 3.8) is 0 Å². The first-order valence-electron chi connectivity index (χ1n) is 4.41. The second-order valence-electron chi connectivity index (χ2n) is 3.33. The largest absolute Gasteiger partial charge is 0.392 e. The van der Waals surface area contributed by atoms with E-state index in [1.807, 2.05) is 0 Å². The molecule has 1 rings (SSSR count). The molecule has 1 unspecified atom stereocenters. The third-order valence-corrected chi connectivity index (χ3v) is 4.96. The van der Waals surface area contributed by atoms with E-state index in [9.17, 15) is 8.42 Å². The van der Waals surface area contributed by atoms with Crippen molar-refractivity contribution in [2.75, 3.05) is 13.6 Å². The molecule has 1 heterocycles. The Labute approximate surface area is 93.4 Å². The van der Waals surface area contributed by atoms with Crippen molar-refractivity contribution in [3.8, 4) is 0 Å². The lowest BCUT2D eigenvalue weighted by Gasteiger charge is -2.16. The van der Waals surface area contributed by atoms with Crippen LogP contribution in [0.4, 0.5) is 0 Å². The highest BCUT2D eigenvalue weighted by Crippen LogP contribution is 2.21. The van der Waals surface area contributed by atoms with Gasteiger partial charge in [0.1, 0.15) is 0 Å². The minimum atomic E-state index is -3.48. The molecule has 0 aliphatic heterocycles. The van der Waals surface area contributed by atoms with Gasteiger partial charge in [-0.1, -0.05) is 0 Å². The fourth-order valence-corrected chi connectivity index (χ4v) is 3.66. The lowest BCUT2D eigenvalue weighted by Crippen LogP contribution is -2.32. The molecule has 5 nitrogen and oxygen atoms in total. The van der Waals surface area contributed by atoms with Crippen molar-refractivity contribution in [3.05, 3.63) is 11.2 Å². The quantitative estimate of drug-likeness (QED) is 0.842. The summed E-state index contributed by atoms with van der Waals surface area (Å²) >= 11 is 1.13. The first-order chi connectivity index (χ1) is 6.84. The smallest absolute Gasteiger partial charge is 0.254 e. The monoisotopic (exact) mass is 250 g/mol. The van der Waals surface area contributed by atoms with E-state index in [0.717, 1.165) is 15.6 Å². The molecule has 0 amide bonds. The van der Waals surface area contributed by atoms with Crippen LogP contribution in [0.3, 0.4) is 0 Å². The van der Waals surface area contributed by atoms with Gasteiger partial charge in [-0.3, -0.25) is 0 Å². The van der Waals surface area contributed by atoms with E-state index < -0.39 is 16.1 Å².